The van der Waals surface area contributed by atoms with Gasteiger partial charge in [0, 0.05) is 18.3 Å². The lowest BCUT2D eigenvalue weighted by atomic mass is 9.97. The summed E-state index contributed by atoms with van der Waals surface area (Å²) in [6.07, 6.45) is 4.21. The van der Waals surface area contributed by atoms with Gasteiger partial charge in [0.1, 0.15) is 5.75 Å². The molecule has 0 saturated heterocycles. The summed E-state index contributed by atoms with van der Waals surface area (Å²) in [5, 5.41) is 0. The van der Waals surface area contributed by atoms with Crippen LogP contribution in [-0.2, 0) is 4.79 Å². The van der Waals surface area contributed by atoms with E-state index in [9.17, 15) is 4.79 Å². The molecule has 2 N–H and O–H groups in total. The minimum atomic E-state index is -0.442. The van der Waals surface area contributed by atoms with Gasteiger partial charge < -0.3 is 15.4 Å². The fourth-order valence-electron chi connectivity index (χ4n) is 2.79. The van der Waals surface area contributed by atoms with Crippen molar-refractivity contribution in [2.75, 3.05) is 17.2 Å². The second-order valence-electron chi connectivity index (χ2n) is 5.85. The van der Waals surface area contributed by atoms with Gasteiger partial charge in [-0.25, -0.2) is 0 Å². The molecule has 2 atom stereocenters. The van der Waals surface area contributed by atoms with Crippen molar-refractivity contribution in [2.24, 2.45) is 5.92 Å². The number of nitrogens with zero attached hydrogens (tertiary/aromatic N) is 1. The number of carbonyl (C=O) groups excluding carboxylic acids is 1. The number of unbranched alkanes of at least 4 members (excludes halogenated alkanes) is 1. The zero-order valence-corrected chi connectivity index (χ0v) is 13.3. The molecule has 0 aromatic heterocycles. The summed E-state index contributed by atoms with van der Waals surface area (Å²) in [5.41, 5.74) is 7.33. The smallest absolute Gasteiger partial charge is 0.267 e. The van der Waals surface area contributed by atoms with Gasteiger partial charge in [-0.3, -0.25) is 4.79 Å². The van der Waals surface area contributed by atoms with E-state index >= 15 is 0 Å². The maximum atomic E-state index is 12.5. The highest BCUT2D eigenvalue weighted by atomic mass is 16.5. The van der Waals surface area contributed by atoms with Crippen LogP contribution in [0.4, 0.5) is 11.4 Å². The summed E-state index contributed by atoms with van der Waals surface area (Å²) in [7, 11) is 0. The monoisotopic (exact) mass is 290 g/mol. The van der Waals surface area contributed by atoms with Crippen LogP contribution in [0.3, 0.4) is 0 Å². The lowest BCUT2D eigenvalue weighted by molar-refractivity contribution is -0.125. The average molecular weight is 290 g/mol. The lowest BCUT2D eigenvalue weighted by Crippen LogP contribution is -2.46. The van der Waals surface area contributed by atoms with Gasteiger partial charge >= 0.3 is 0 Å². The number of nitrogen functional groups attached to an aromatic ring is 1. The Labute approximate surface area is 127 Å². The third-order valence-corrected chi connectivity index (χ3v) is 4.18. The van der Waals surface area contributed by atoms with Crippen molar-refractivity contribution in [3.8, 4) is 5.75 Å². The van der Waals surface area contributed by atoms with E-state index in [0.29, 0.717) is 17.4 Å². The van der Waals surface area contributed by atoms with E-state index in [1.807, 2.05) is 17.0 Å². The molecule has 0 bridgehead atoms. The number of benzene rings is 1. The Morgan fingerprint density at radius 1 is 1.38 bits per heavy atom. The lowest BCUT2D eigenvalue weighted by Gasteiger charge is -2.35. The predicted molar refractivity (Wildman–Crippen MR) is 86.6 cm³/mol. The summed E-state index contributed by atoms with van der Waals surface area (Å²) in [6, 6.07) is 5.52. The Hall–Kier alpha value is -1.71. The molecule has 1 aromatic carbocycles. The van der Waals surface area contributed by atoms with Gasteiger partial charge in [0.25, 0.3) is 5.91 Å². The van der Waals surface area contributed by atoms with Crippen molar-refractivity contribution >= 4 is 17.3 Å². The molecule has 0 fully saturated rings. The Balaban J connectivity index is 2.23. The highest BCUT2D eigenvalue weighted by Gasteiger charge is 2.32. The van der Waals surface area contributed by atoms with Crippen molar-refractivity contribution in [3.05, 3.63) is 18.2 Å². The molecule has 0 radical (unpaired) electrons. The molecule has 4 heteroatoms. The minimum Gasteiger partial charge on any atom is -0.479 e. The quantitative estimate of drug-likeness (QED) is 0.814. The highest BCUT2D eigenvalue weighted by Crippen LogP contribution is 2.36. The standard InChI is InChI=1S/C17H26N2O2/c1-4-6-7-13(5-2)11-19-15-9-8-14(18)10-16(15)21-12(3)17(19)20/h8-10,12-13H,4-7,11,18H2,1-3H3. The number of amides is 1. The zero-order chi connectivity index (χ0) is 15.4. The molecule has 1 aromatic rings. The van der Waals surface area contributed by atoms with Crippen LogP contribution >= 0.6 is 0 Å². The second kappa shape index (κ2) is 6.83. The summed E-state index contributed by atoms with van der Waals surface area (Å²) in [6.45, 7) is 6.96. The van der Waals surface area contributed by atoms with Crippen molar-refractivity contribution < 1.29 is 9.53 Å². The van der Waals surface area contributed by atoms with Crippen LogP contribution in [0.2, 0.25) is 0 Å². The molecule has 1 aliphatic heterocycles. The van der Waals surface area contributed by atoms with E-state index in [4.69, 9.17) is 10.5 Å². The molecule has 0 spiro atoms. The van der Waals surface area contributed by atoms with Crippen LogP contribution in [-0.4, -0.2) is 18.6 Å². The molecule has 4 nitrogen and oxygen atoms in total. The van der Waals surface area contributed by atoms with Crippen LogP contribution in [0.15, 0.2) is 18.2 Å². The number of carbonyl (C=O) groups is 1. The van der Waals surface area contributed by atoms with Gasteiger partial charge in [-0.15, -0.1) is 0 Å². The number of anilines is 2. The summed E-state index contributed by atoms with van der Waals surface area (Å²) < 4.78 is 5.68. The number of rotatable bonds is 6. The number of ether oxygens (including phenoxy) is 1. The predicted octanol–water partition coefficient (Wildman–Crippen LogP) is 3.60. The molecule has 0 saturated carbocycles. The fraction of sp³-hybridized carbons (Fsp3) is 0.588. The van der Waals surface area contributed by atoms with Crippen molar-refractivity contribution in [3.63, 3.8) is 0 Å². The maximum absolute atomic E-state index is 12.5. The molecular weight excluding hydrogens is 264 g/mol. The number of hydrogen-bond donors (Lipinski definition) is 1. The third kappa shape index (κ3) is 3.49. The SMILES string of the molecule is CCCCC(CC)CN1C(=O)C(C)Oc2cc(N)ccc21. The molecule has 2 unspecified atom stereocenters. The summed E-state index contributed by atoms with van der Waals surface area (Å²) in [5.74, 6) is 1.29. The fourth-order valence-corrected chi connectivity index (χ4v) is 2.79. The van der Waals surface area contributed by atoms with Gasteiger partial charge in [0.15, 0.2) is 6.10 Å². The summed E-state index contributed by atoms with van der Waals surface area (Å²) in [4.78, 5) is 14.3. The normalized spacial score (nSPS) is 19.1. The average Bonchev–Trinajstić information content (AvgIpc) is 2.47. The van der Waals surface area contributed by atoms with Gasteiger partial charge in [0.05, 0.1) is 5.69 Å². The number of nitrogens with two attached hydrogens (primary N) is 1. The van der Waals surface area contributed by atoms with Crippen molar-refractivity contribution in [1.29, 1.82) is 0 Å². The van der Waals surface area contributed by atoms with E-state index in [1.165, 1.54) is 12.8 Å². The maximum Gasteiger partial charge on any atom is 0.267 e. The number of hydrogen-bond acceptors (Lipinski definition) is 3. The highest BCUT2D eigenvalue weighted by molar-refractivity contribution is 6.00. The first-order valence-electron chi connectivity index (χ1n) is 7.94. The van der Waals surface area contributed by atoms with Gasteiger partial charge in [-0.05, 0) is 31.4 Å². The van der Waals surface area contributed by atoms with Crippen LogP contribution in [0, 0.1) is 5.92 Å². The first kappa shape index (κ1) is 15.7. The zero-order valence-electron chi connectivity index (χ0n) is 13.3. The topological polar surface area (TPSA) is 55.6 Å². The van der Waals surface area contributed by atoms with Gasteiger partial charge in [-0.2, -0.15) is 0 Å². The van der Waals surface area contributed by atoms with E-state index in [1.54, 1.807) is 13.0 Å². The summed E-state index contributed by atoms with van der Waals surface area (Å²) >= 11 is 0. The third-order valence-electron chi connectivity index (χ3n) is 4.18. The Kier molecular flexibility index (Phi) is 5.10. The van der Waals surface area contributed by atoms with Crippen molar-refractivity contribution in [2.45, 2.75) is 52.6 Å². The molecule has 0 aliphatic carbocycles. The molecule has 2 rings (SSSR count). The van der Waals surface area contributed by atoms with E-state index in [0.717, 1.165) is 25.1 Å². The first-order valence-corrected chi connectivity index (χ1v) is 7.94. The largest absolute Gasteiger partial charge is 0.479 e. The van der Waals surface area contributed by atoms with Crippen molar-refractivity contribution in [1.82, 2.24) is 0 Å². The van der Waals surface area contributed by atoms with Gasteiger partial charge in [0.2, 0.25) is 0 Å². The molecular formula is C17H26N2O2. The second-order valence-corrected chi connectivity index (χ2v) is 5.85. The van der Waals surface area contributed by atoms with Crippen LogP contribution in [0.1, 0.15) is 46.5 Å². The minimum absolute atomic E-state index is 0.0437. The van der Waals surface area contributed by atoms with E-state index < -0.39 is 6.10 Å². The van der Waals surface area contributed by atoms with E-state index in [2.05, 4.69) is 13.8 Å². The van der Waals surface area contributed by atoms with E-state index in [-0.39, 0.29) is 5.91 Å². The van der Waals surface area contributed by atoms with Crippen LogP contribution < -0.4 is 15.4 Å². The molecule has 21 heavy (non-hydrogen) atoms. The van der Waals surface area contributed by atoms with Gasteiger partial charge in [-0.1, -0.05) is 33.1 Å². The molecule has 1 heterocycles. The molecule has 1 aliphatic rings. The molecule has 1 amide bonds. The Bertz CT molecular complexity index is 502. The Morgan fingerprint density at radius 3 is 2.81 bits per heavy atom. The first-order chi connectivity index (χ1) is 10.1. The molecule has 116 valence electrons. The number of fused-ring (bicyclic) bond motifs is 1. The van der Waals surface area contributed by atoms with Crippen LogP contribution in [0.5, 0.6) is 5.75 Å². The Morgan fingerprint density at radius 2 is 2.14 bits per heavy atom. The van der Waals surface area contributed by atoms with Crippen LogP contribution in [0.25, 0.3) is 0 Å².